The number of rotatable bonds is 10. The Kier molecular flexibility index (Phi) is 8.31. The zero-order chi connectivity index (χ0) is 15.7. The Labute approximate surface area is 127 Å². The monoisotopic (exact) mass is 297 g/mol. The van der Waals surface area contributed by atoms with Crippen molar-refractivity contribution in [2.45, 2.75) is 46.1 Å². The second kappa shape index (κ2) is 9.74. The summed E-state index contributed by atoms with van der Waals surface area (Å²) in [7, 11) is 0. The quantitative estimate of drug-likeness (QED) is 0.672. The summed E-state index contributed by atoms with van der Waals surface area (Å²) < 4.78 is 24.6. The van der Waals surface area contributed by atoms with Gasteiger partial charge in [0.05, 0.1) is 6.61 Å². The largest absolute Gasteiger partial charge is 0.491 e. The molecule has 4 heteroatoms. The SMILES string of the molecule is CCC(N)Cc1cc(F)cc(OCCOCCC(C)C)c1. The Balaban J connectivity index is 2.37. The molecule has 0 fully saturated rings. The molecule has 120 valence electrons. The maximum absolute atomic E-state index is 13.5. The molecule has 0 amide bonds. The van der Waals surface area contributed by atoms with Crippen LogP contribution in [0.15, 0.2) is 18.2 Å². The first kappa shape index (κ1) is 17.9. The number of ether oxygens (including phenoxy) is 2. The smallest absolute Gasteiger partial charge is 0.127 e. The van der Waals surface area contributed by atoms with Gasteiger partial charge in [-0.05, 0) is 42.9 Å². The van der Waals surface area contributed by atoms with Gasteiger partial charge in [0.15, 0.2) is 0 Å². The molecular formula is C17H28FNO2. The minimum absolute atomic E-state index is 0.0546. The van der Waals surface area contributed by atoms with E-state index in [-0.39, 0.29) is 11.9 Å². The highest BCUT2D eigenvalue weighted by Crippen LogP contribution is 2.18. The van der Waals surface area contributed by atoms with E-state index >= 15 is 0 Å². The highest BCUT2D eigenvalue weighted by atomic mass is 19.1. The third-order valence-electron chi connectivity index (χ3n) is 3.29. The van der Waals surface area contributed by atoms with Crippen molar-refractivity contribution in [3.05, 3.63) is 29.6 Å². The van der Waals surface area contributed by atoms with Gasteiger partial charge >= 0.3 is 0 Å². The maximum Gasteiger partial charge on any atom is 0.127 e. The fraction of sp³-hybridized carbons (Fsp3) is 0.647. The second-order valence-electron chi connectivity index (χ2n) is 5.81. The van der Waals surface area contributed by atoms with Crippen molar-refractivity contribution in [2.24, 2.45) is 11.7 Å². The normalized spacial score (nSPS) is 12.7. The standard InChI is InChI=1S/C17H28FNO2/c1-4-16(19)10-14-9-15(18)12-17(11-14)21-8-7-20-6-5-13(2)3/h9,11-13,16H,4-8,10,19H2,1-3H3. The molecule has 0 aliphatic carbocycles. The van der Waals surface area contributed by atoms with Crippen molar-refractivity contribution >= 4 is 0 Å². The van der Waals surface area contributed by atoms with E-state index in [1.165, 1.54) is 12.1 Å². The molecule has 3 nitrogen and oxygen atoms in total. The van der Waals surface area contributed by atoms with Gasteiger partial charge in [-0.3, -0.25) is 0 Å². The molecule has 21 heavy (non-hydrogen) atoms. The topological polar surface area (TPSA) is 44.5 Å². The minimum atomic E-state index is -0.286. The first-order valence-corrected chi connectivity index (χ1v) is 7.76. The molecule has 0 heterocycles. The van der Waals surface area contributed by atoms with Gasteiger partial charge in [-0.25, -0.2) is 4.39 Å². The Morgan fingerprint density at radius 2 is 1.90 bits per heavy atom. The van der Waals surface area contributed by atoms with Crippen LogP contribution in [0.3, 0.4) is 0 Å². The van der Waals surface area contributed by atoms with Gasteiger partial charge in [0.1, 0.15) is 18.2 Å². The molecular weight excluding hydrogens is 269 g/mol. The summed E-state index contributed by atoms with van der Waals surface area (Å²) >= 11 is 0. The number of halogens is 1. The van der Waals surface area contributed by atoms with E-state index in [9.17, 15) is 4.39 Å². The van der Waals surface area contributed by atoms with Crippen LogP contribution in [-0.2, 0) is 11.2 Å². The van der Waals surface area contributed by atoms with Gasteiger partial charge in [0.2, 0.25) is 0 Å². The Bertz CT molecular complexity index is 410. The zero-order valence-electron chi connectivity index (χ0n) is 13.4. The molecule has 0 aliphatic rings. The van der Waals surface area contributed by atoms with Gasteiger partial charge in [-0.15, -0.1) is 0 Å². The van der Waals surface area contributed by atoms with Crippen molar-refractivity contribution in [3.8, 4) is 5.75 Å². The summed E-state index contributed by atoms with van der Waals surface area (Å²) in [5.41, 5.74) is 6.78. The predicted octanol–water partition coefficient (Wildman–Crippen LogP) is 3.55. The van der Waals surface area contributed by atoms with Crippen molar-refractivity contribution < 1.29 is 13.9 Å². The second-order valence-corrected chi connectivity index (χ2v) is 5.81. The first-order chi connectivity index (χ1) is 10.0. The lowest BCUT2D eigenvalue weighted by atomic mass is 10.0. The van der Waals surface area contributed by atoms with E-state index in [4.69, 9.17) is 15.2 Å². The van der Waals surface area contributed by atoms with Gasteiger partial charge in [-0.1, -0.05) is 20.8 Å². The lowest BCUT2D eigenvalue weighted by molar-refractivity contribution is 0.0924. The van der Waals surface area contributed by atoms with Crippen molar-refractivity contribution in [2.75, 3.05) is 19.8 Å². The van der Waals surface area contributed by atoms with E-state index in [2.05, 4.69) is 13.8 Å². The summed E-state index contributed by atoms with van der Waals surface area (Å²) in [5, 5.41) is 0. The van der Waals surface area contributed by atoms with Crippen molar-refractivity contribution in [1.82, 2.24) is 0 Å². The highest BCUT2D eigenvalue weighted by Gasteiger charge is 2.06. The van der Waals surface area contributed by atoms with Gasteiger partial charge in [0, 0.05) is 18.7 Å². The molecule has 0 radical (unpaired) electrons. The lowest BCUT2D eigenvalue weighted by Crippen LogP contribution is -2.21. The highest BCUT2D eigenvalue weighted by molar-refractivity contribution is 5.30. The molecule has 0 saturated heterocycles. The van der Waals surface area contributed by atoms with E-state index in [1.807, 2.05) is 13.0 Å². The molecule has 2 N–H and O–H groups in total. The van der Waals surface area contributed by atoms with Crippen LogP contribution in [0.4, 0.5) is 4.39 Å². The molecule has 1 rings (SSSR count). The molecule has 1 aromatic carbocycles. The van der Waals surface area contributed by atoms with Gasteiger partial charge < -0.3 is 15.2 Å². The van der Waals surface area contributed by atoms with Gasteiger partial charge in [-0.2, -0.15) is 0 Å². The van der Waals surface area contributed by atoms with Crippen LogP contribution in [0.2, 0.25) is 0 Å². The number of nitrogens with two attached hydrogens (primary N) is 1. The molecule has 0 spiro atoms. The minimum Gasteiger partial charge on any atom is -0.491 e. The molecule has 0 saturated carbocycles. The van der Waals surface area contributed by atoms with Crippen LogP contribution in [0.1, 0.15) is 39.2 Å². The zero-order valence-corrected chi connectivity index (χ0v) is 13.4. The summed E-state index contributed by atoms with van der Waals surface area (Å²) in [4.78, 5) is 0. The first-order valence-electron chi connectivity index (χ1n) is 7.76. The van der Waals surface area contributed by atoms with Crippen LogP contribution < -0.4 is 10.5 Å². The third-order valence-corrected chi connectivity index (χ3v) is 3.29. The fourth-order valence-electron chi connectivity index (χ4n) is 1.91. The van der Waals surface area contributed by atoms with Crippen LogP contribution in [-0.4, -0.2) is 25.9 Å². The van der Waals surface area contributed by atoms with Crippen LogP contribution in [0.5, 0.6) is 5.75 Å². The number of benzene rings is 1. The van der Waals surface area contributed by atoms with Gasteiger partial charge in [0.25, 0.3) is 0 Å². The average Bonchev–Trinajstić information content (AvgIpc) is 2.41. The number of hydrogen-bond acceptors (Lipinski definition) is 3. The van der Waals surface area contributed by atoms with Crippen molar-refractivity contribution in [1.29, 1.82) is 0 Å². The summed E-state index contributed by atoms with van der Waals surface area (Å²) in [5.74, 6) is 0.895. The van der Waals surface area contributed by atoms with Crippen LogP contribution in [0.25, 0.3) is 0 Å². The lowest BCUT2D eigenvalue weighted by Gasteiger charge is -2.12. The average molecular weight is 297 g/mol. The summed E-state index contributed by atoms with van der Waals surface area (Å²) in [6.07, 6.45) is 2.57. The molecule has 0 aliphatic heterocycles. The van der Waals surface area contributed by atoms with Crippen molar-refractivity contribution in [3.63, 3.8) is 0 Å². The number of hydrogen-bond donors (Lipinski definition) is 1. The third kappa shape index (κ3) is 8.02. The van der Waals surface area contributed by atoms with E-state index in [1.54, 1.807) is 0 Å². The van der Waals surface area contributed by atoms with E-state index < -0.39 is 0 Å². The fourth-order valence-corrected chi connectivity index (χ4v) is 1.91. The van der Waals surface area contributed by atoms with Crippen LogP contribution in [0, 0.1) is 11.7 Å². The molecule has 1 aromatic rings. The molecule has 1 unspecified atom stereocenters. The molecule has 0 aromatic heterocycles. The summed E-state index contributed by atoms with van der Waals surface area (Å²) in [6, 6.07) is 4.82. The maximum atomic E-state index is 13.5. The Morgan fingerprint density at radius 3 is 2.57 bits per heavy atom. The predicted molar refractivity (Wildman–Crippen MR) is 84.1 cm³/mol. The molecule has 1 atom stereocenters. The van der Waals surface area contributed by atoms with E-state index in [0.717, 1.165) is 25.0 Å². The van der Waals surface area contributed by atoms with E-state index in [0.29, 0.717) is 31.3 Å². The Morgan fingerprint density at radius 1 is 1.14 bits per heavy atom. The van der Waals surface area contributed by atoms with Crippen LogP contribution >= 0.6 is 0 Å². The molecule has 0 bridgehead atoms. The summed E-state index contributed by atoms with van der Waals surface area (Å²) in [6.45, 7) is 8.04. The Hall–Kier alpha value is -1.13.